The van der Waals surface area contributed by atoms with E-state index < -0.39 is 0 Å². The van der Waals surface area contributed by atoms with Crippen molar-refractivity contribution in [2.75, 3.05) is 0 Å². The number of fused-ring (bicyclic) bond motifs is 1. The third-order valence-corrected chi connectivity index (χ3v) is 3.84. The monoisotopic (exact) mass is 214 g/mol. The number of aromatic amines is 1. The molecule has 1 aromatic carbocycles. The average Bonchev–Trinajstić information content (AvgIpc) is 2.74. The van der Waals surface area contributed by atoms with Gasteiger partial charge in [-0.3, -0.25) is 0 Å². The Morgan fingerprint density at radius 1 is 1.12 bits per heavy atom. The maximum Gasteiger partial charge on any atom is 0.0456 e. The summed E-state index contributed by atoms with van der Waals surface area (Å²) in [6, 6.07) is 8.85. The van der Waals surface area contributed by atoms with Gasteiger partial charge in [0.2, 0.25) is 0 Å². The number of nitrogens with one attached hydrogen (secondary N) is 1. The second kappa shape index (κ2) is 3.95. The summed E-state index contributed by atoms with van der Waals surface area (Å²) in [6.07, 6.45) is 7.17. The number of H-pyrrole nitrogens is 1. The van der Waals surface area contributed by atoms with Gasteiger partial charge in [0.1, 0.15) is 0 Å². The molecule has 0 unspecified atom stereocenters. The molecule has 0 amide bonds. The zero-order chi connectivity index (χ0) is 11.0. The molecule has 0 saturated heterocycles. The van der Waals surface area contributed by atoms with Crippen molar-refractivity contribution in [3.63, 3.8) is 0 Å². The molecule has 0 spiro atoms. The van der Waals surface area contributed by atoms with Crippen molar-refractivity contribution < 1.29 is 0 Å². The topological polar surface area (TPSA) is 41.8 Å². The molecular weight excluding hydrogens is 196 g/mol. The van der Waals surface area contributed by atoms with Crippen LogP contribution in [0.4, 0.5) is 0 Å². The van der Waals surface area contributed by atoms with Gasteiger partial charge in [0.05, 0.1) is 0 Å². The van der Waals surface area contributed by atoms with Gasteiger partial charge in [-0.15, -0.1) is 0 Å². The summed E-state index contributed by atoms with van der Waals surface area (Å²) in [5.41, 5.74) is 8.90. The van der Waals surface area contributed by atoms with Crippen molar-refractivity contribution in [1.82, 2.24) is 4.98 Å². The smallest absolute Gasteiger partial charge is 0.0456 e. The van der Waals surface area contributed by atoms with Gasteiger partial charge in [0.15, 0.2) is 0 Å². The maximum absolute atomic E-state index is 6.25. The molecule has 1 aromatic heterocycles. The molecule has 0 radical (unpaired) electrons. The minimum atomic E-state index is 0.341. The number of nitrogens with two attached hydrogens (primary N) is 1. The lowest BCUT2D eigenvalue weighted by atomic mass is 9.80. The molecule has 2 atom stereocenters. The van der Waals surface area contributed by atoms with Crippen LogP contribution in [-0.4, -0.2) is 11.0 Å². The predicted molar refractivity (Wildman–Crippen MR) is 67.5 cm³/mol. The Labute approximate surface area is 95.8 Å². The van der Waals surface area contributed by atoms with Crippen molar-refractivity contribution in [1.29, 1.82) is 0 Å². The van der Waals surface area contributed by atoms with E-state index in [-0.39, 0.29) is 0 Å². The molecule has 1 aliphatic carbocycles. The van der Waals surface area contributed by atoms with E-state index in [0.29, 0.717) is 12.0 Å². The van der Waals surface area contributed by atoms with Crippen molar-refractivity contribution in [3.05, 3.63) is 36.0 Å². The zero-order valence-electron chi connectivity index (χ0n) is 9.45. The lowest BCUT2D eigenvalue weighted by molar-refractivity contribution is 0.387. The number of benzene rings is 1. The van der Waals surface area contributed by atoms with Gasteiger partial charge in [0, 0.05) is 29.1 Å². The average molecular weight is 214 g/mol. The molecule has 3 rings (SSSR count). The van der Waals surface area contributed by atoms with Crippen LogP contribution in [0.5, 0.6) is 0 Å². The molecule has 84 valence electrons. The molecule has 0 aliphatic heterocycles. The minimum absolute atomic E-state index is 0.341. The fraction of sp³-hybridized carbons (Fsp3) is 0.429. The van der Waals surface area contributed by atoms with E-state index in [2.05, 4.69) is 35.4 Å². The highest BCUT2D eigenvalue weighted by molar-refractivity contribution is 5.83. The van der Waals surface area contributed by atoms with Crippen LogP contribution in [0.1, 0.15) is 37.2 Å². The van der Waals surface area contributed by atoms with Gasteiger partial charge in [0.25, 0.3) is 0 Å². The summed E-state index contributed by atoms with van der Waals surface area (Å²) < 4.78 is 0. The minimum Gasteiger partial charge on any atom is -0.361 e. The Hall–Kier alpha value is -1.28. The van der Waals surface area contributed by atoms with Crippen LogP contribution >= 0.6 is 0 Å². The van der Waals surface area contributed by atoms with Crippen molar-refractivity contribution in [2.24, 2.45) is 5.73 Å². The van der Waals surface area contributed by atoms with Crippen LogP contribution in [-0.2, 0) is 0 Å². The Morgan fingerprint density at radius 2 is 1.94 bits per heavy atom. The predicted octanol–water partition coefficient (Wildman–Crippen LogP) is 3.15. The van der Waals surface area contributed by atoms with E-state index in [4.69, 9.17) is 5.73 Å². The Balaban J connectivity index is 2.04. The first-order valence-electron chi connectivity index (χ1n) is 6.18. The summed E-state index contributed by atoms with van der Waals surface area (Å²) in [5.74, 6) is 0.546. The van der Waals surface area contributed by atoms with E-state index in [0.717, 1.165) is 0 Å². The molecule has 3 N–H and O–H groups in total. The first kappa shape index (κ1) is 9.91. The second-order valence-electron chi connectivity index (χ2n) is 4.84. The molecule has 2 aromatic rings. The van der Waals surface area contributed by atoms with Crippen LogP contribution in [0.15, 0.2) is 30.5 Å². The number of rotatable bonds is 1. The molecule has 16 heavy (non-hydrogen) atoms. The molecule has 1 saturated carbocycles. The highest BCUT2D eigenvalue weighted by Crippen LogP contribution is 2.35. The van der Waals surface area contributed by atoms with Gasteiger partial charge in [-0.05, 0) is 24.5 Å². The number of hydrogen-bond acceptors (Lipinski definition) is 1. The summed E-state index contributed by atoms with van der Waals surface area (Å²) in [6.45, 7) is 0. The van der Waals surface area contributed by atoms with E-state index in [9.17, 15) is 0 Å². The summed E-state index contributed by atoms with van der Waals surface area (Å²) >= 11 is 0. The van der Waals surface area contributed by atoms with Crippen molar-refractivity contribution >= 4 is 10.9 Å². The molecular formula is C14H18N2. The Kier molecular flexibility index (Phi) is 2.44. The van der Waals surface area contributed by atoms with Gasteiger partial charge in [-0.25, -0.2) is 0 Å². The molecule has 2 heteroatoms. The van der Waals surface area contributed by atoms with E-state index in [1.54, 1.807) is 0 Å². The summed E-state index contributed by atoms with van der Waals surface area (Å²) in [4.78, 5) is 3.35. The highest BCUT2D eigenvalue weighted by atomic mass is 14.7. The van der Waals surface area contributed by atoms with E-state index >= 15 is 0 Å². The quantitative estimate of drug-likeness (QED) is 0.752. The Bertz CT molecular complexity index is 486. The lowest BCUT2D eigenvalue weighted by Gasteiger charge is -2.28. The molecule has 1 aliphatic rings. The van der Waals surface area contributed by atoms with Gasteiger partial charge >= 0.3 is 0 Å². The third-order valence-electron chi connectivity index (χ3n) is 3.84. The third kappa shape index (κ3) is 1.54. The SMILES string of the molecule is N[C@@H]1CCCC[C@@H]1c1c[nH]c2ccccc12. The standard InChI is InChI=1S/C14H18N2/c15-13-7-3-1-5-10(13)12-9-16-14-8-4-2-6-11(12)14/h2,4,6,8-10,13,16H,1,3,5,7,15H2/t10-,13-/m1/s1. The van der Waals surface area contributed by atoms with Crippen LogP contribution in [0.3, 0.4) is 0 Å². The highest BCUT2D eigenvalue weighted by Gasteiger charge is 2.25. The van der Waals surface area contributed by atoms with Crippen LogP contribution in [0, 0.1) is 0 Å². The molecule has 1 fully saturated rings. The largest absolute Gasteiger partial charge is 0.361 e. The van der Waals surface area contributed by atoms with Crippen molar-refractivity contribution in [3.8, 4) is 0 Å². The van der Waals surface area contributed by atoms with E-state index in [1.807, 2.05) is 0 Å². The first-order valence-corrected chi connectivity index (χ1v) is 6.18. The van der Waals surface area contributed by atoms with Crippen LogP contribution < -0.4 is 5.73 Å². The van der Waals surface area contributed by atoms with Gasteiger partial charge < -0.3 is 10.7 Å². The zero-order valence-corrected chi connectivity index (χ0v) is 9.45. The summed E-state index contributed by atoms with van der Waals surface area (Å²) in [7, 11) is 0. The number of aromatic nitrogens is 1. The fourth-order valence-electron chi connectivity index (χ4n) is 2.95. The summed E-state index contributed by atoms with van der Waals surface area (Å²) in [5, 5.41) is 1.35. The number of para-hydroxylation sites is 1. The second-order valence-corrected chi connectivity index (χ2v) is 4.84. The normalized spacial score (nSPS) is 26.1. The van der Waals surface area contributed by atoms with Crippen LogP contribution in [0.25, 0.3) is 10.9 Å². The number of hydrogen-bond donors (Lipinski definition) is 2. The lowest BCUT2D eigenvalue weighted by Crippen LogP contribution is -2.31. The maximum atomic E-state index is 6.25. The molecule has 2 nitrogen and oxygen atoms in total. The van der Waals surface area contributed by atoms with Gasteiger partial charge in [-0.2, -0.15) is 0 Å². The van der Waals surface area contributed by atoms with Gasteiger partial charge in [-0.1, -0.05) is 31.0 Å². The van der Waals surface area contributed by atoms with Crippen molar-refractivity contribution in [2.45, 2.75) is 37.6 Å². The first-order chi connectivity index (χ1) is 7.86. The molecule has 0 bridgehead atoms. The van der Waals surface area contributed by atoms with E-state index in [1.165, 1.54) is 42.1 Å². The Morgan fingerprint density at radius 3 is 2.81 bits per heavy atom. The van der Waals surface area contributed by atoms with Crippen LogP contribution in [0.2, 0.25) is 0 Å². The fourth-order valence-corrected chi connectivity index (χ4v) is 2.95. The molecule has 1 heterocycles.